The molecule has 0 saturated heterocycles. The molecule has 158 valence electrons. The molecule has 0 saturated carbocycles. The monoisotopic (exact) mass is 445 g/mol. The Kier molecular flexibility index (Phi) is 7.77. The molecule has 0 atom stereocenters. The largest absolute Gasteiger partial charge is 0.376 e. The maximum Gasteiger partial charge on any atom is 0.270 e. The number of likely N-dealkylation sites (N-methyl/N-ethyl adjacent to an activating group) is 1. The number of rotatable bonds is 9. The Hall–Kier alpha value is -2.50. The standard InChI is InChI=1S/C23H25Cl2N3O2/c1-2-28-15-18(21(23(28)30)27-14-17-7-4-3-5-8-17)22(29)26-12-6-9-16-10-11-19(24)20(25)13-16/h3-5,7-8,10-11,13,27H,2,6,9,12,14-15H2,1H3,(H,26,29). The minimum atomic E-state index is -0.205. The van der Waals surface area contributed by atoms with Gasteiger partial charge in [0, 0.05) is 19.6 Å². The molecule has 2 aromatic carbocycles. The highest BCUT2D eigenvalue weighted by atomic mass is 35.5. The summed E-state index contributed by atoms with van der Waals surface area (Å²) in [5.74, 6) is -0.335. The van der Waals surface area contributed by atoms with E-state index in [1.54, 1.807) is 11.0 Å². The predicted molar refractivity (Wildman–Crippen MR) is 120 cm³/mol. The molecule has 1 aliphatic heterocycles. The summed E-state index contributed by atoms with van der Waals surface area (Å²) in [7, 11) is 0. The third kappa shape index (κ3) is 5.55. The number of benzene rings is 2. The van der Waals surface area contributed by atoms with Crippen LogP contribution in [0.5, 0.6) is 0 Å². The topological polar surface area (TPSA) is 61.4 Å². The van der Waals surface area contributed by atoms with E-state index in [-0.39, 0.29) is 11.8 Å². The Labute approximate surface area is 187 Å². The fraction of sp³-hybridized carbons (Fsp3) is 0.304. The lowest BCUT2D eigenvalue weighted by Crippen LogP contribution is -2.30. The van der Waals surface area contributed by atoms with Gasteiger partial charge in [0.15, 0.2) is 0 Å². The smallest absolute Gasteiger partial charge is 0.270 e. The quantitative estimate of drug-likeness (QED) is 0.574. The number of hydrogen-bond donors (Lipinski definition) is 2. The molecule has 2 N–H and O–H groups in total. The van der Waals surface area contributed by atoms with Crippen molar-refractivity contribution in [1.29, 1.82) is 0 Å². The molecule has 0 fully saturated rings. The Morgan fingerprint density at radius 3 is 2.53 bits per heavy atom. The van der Waals surface area contributed by atoms with E-state index in [9.17, 15) is 9.59 Å². The second-order valence-electron chi connectivity index (χ2n) is 7.12. The van der Waals surface area contributed by atoms with Gasteiger partial charge >= 0.3 is 0 Å². The van der Waals surface area contributed by atoms with E-state index >= 15 is 0 Å². The third-order valence-electron chi connectivity index (χ3n) is 5.03. The summed E-state index contributed by atoms with van der Waals surface area (Å²) in [4.78, 5) is 27.1. The summed E-state index contributed by atoms with van der Waals surface area (Å²) in [6, 6.07) is 15.3. The number of amides is 2. The molecule has 2 aromatic rings. The average molecular weight is 446 g/mol. The third-order valence-corrected chi connectivity index (χ3v) is 5.77. The van der Waals surface area contributed by atoms with Crippen LogP contribution >= 0.6 is 23.2 Å². The molecule has 0 aliphatic carbocycles. The van der Waals surface area contributed by atoms with Gasteiger partial charge in [0.2, 0.25) is 0 Å². The maximum absolute atomic E-state index is 12.8. The molecule has 0 spiro atoms. The highest BCUT2D eigenvalue weighted by Crippen LogP contribution is 2.23. The molecule has 30 heavy (non-hydrogen) atoms. The number of carbonyl (C=O) groups excluding carboxylic acids is 2. The Balaban J connectivity index is 1.58. The lowest BCUT2D eigenvalue weighted by Gasteiger charge is -2.13. The van der Waals surface area contributed by atoms with Crippen molar-refractivity contribution in [1.82, 2.24) is 15.5 Å². The zero-order valence-corrected chi connectivity index (χ0v) is 18.4. The molecule has 7 heteroatoms. The summed E-state index contributed by atoms with van der Waals surface area (Å²) in [5, 5.41) is 7.17. The van der Waals surface area contributed by atoms with Crippen LogP contribution in [0.15, 0.2) is 59.8 Å². The lowest BCUT2D eigenvalue weighted by molar-refractivity contribution is -0.125. The van der Waals surface area contributed by atoms with E-state index in [0.717, 1.165) is 24.0 Å². The second kappa shape index (κ2) is 10.5. The highest BCUT2D eigenvalue weighted by molar-refractivity contribution is 6.42. The second-order valence-corrected chi connectivity index (χ2v) is 7.93. The van der Waals surface area contributed by atoms with Gasteiger partial charge in [-0.05, 0) is 43.0 Å². The first-order valence-electron chi connectivity index (χ1n) is 10.0. The summed E-state index contributed by atoms with van der Waals surface area (Å²) in [6.45, 7) is 3.79. The molecule has 0 bridgehead atoms. The minimum absolute atomic E-state index is 0.130. The van der Waals surface area contributed by atoms with E-state index in [4.69, 9.17) is 23.2 Å². The van der Waals surface area contributed by atoms with E-state index in [2.05, 4.69) is 10.6 Å². The van der Waals surface area contributed by atoms with E-state index in [0.29, 0.717) is 47.5 Å². The molecule has 0 unspecified atom stereocenters. The molecule has 1 heterocycles. The van der Waals surface area contributed by atoms with Gasteiger partial charge in [0.05, 0.1) is 22.2 Å². The summed E-state index contributed by atoms with van der Waals surface area (Å²) in [5.41, 5.74) is 3.00. The van der Waals surface area contributed by atoms with Crippen LogP contribution in [0, 0.1) is 0 Å². The molecule has 3 rings (SSSR count). The van der Waals surface area contributed by atoms with Crippen molar-refractivity contribution in [2.45, 2.75) is 26.3 Å². The highest BCUT2D eigenvalue weighted by Gasteiger charge is 2.32. The van der Waals surface area contributed by atoms with Crippen LogP contribution in [-0.2, 0) is 22.6 Å². The summed E-state index contributed by atoms with van der Waals surface area (Å²) >= 11 is 12.0. The van der Waals surface area contributed by atoms with Gasteiger partial charge in [0.25, 0.3) is 11.8 Å². The molecule has 5 nitrogen and oxygen atoms in total. The van der Waals surface area contributed by atoms with Crippen LogP contribution in [0.1, 0.15) is 24.5 Å². The van der Waals surface area contributed by atoms with Gasteiger partial charge in [-0.3, -0.25) is 9.59 Å². The number of halogens is 2. The molecular weight excluding hydrogens is 421 g/mol. The van der Waals surface area contributed by atoms with Crippen molar-refractivity contribution in [3.63, 3.8) is 0 Å². The van der Waals surface area contributed by atoms with Crippen molar-refractivity contribution in [3.8, 4) is 0 Å². The SMILES string of the molecule is CCN1CC(C(=O)NCCCc2ccc(Cl)c(Cl)c2)=C(NCc2ccccc2)C1=O. The van der Waals surface area contributed by atoms with Crippen molar-refractivity contribution in [2.75, 3.05) is 19.6 Å². The Morgan fingerprint density at radius 1 is 1.07 bits per heavy atom. The van der Waals surface area contributed by atoms with Crippen LogP contribution in [0.3, 0.4) is 0 Å². The Bertz CT molecular complexity index is 945. The first kappa shape index (κ1) is 22.2. The summed E-state index contributed by atoms with van der Waals surface area (Å²) < 4.78 is 0. The molecule has 0 radical (unpaired) electrons. The van der Waals surface area contributed by atoms with Crippen LogP contribution in [0.4, 0.5) is 0 Å². The van der Waals surface area contributed by atoms with Gasteiger partial charge < -0.3 is 15.5 Å². The van der Waals surface area contributed by atoms with Crippen molar-refractivity contribution >= 4 is 35.0 Å². The van der Waals surface area contributed by atoms with Crippen molar-refractivity contribution in [3.05, 3.63) is 81.0 Å². The van der Waals surface area contributed by atoms with Crippen molar-refractivity contribution in [2.24, 2.45) is 0 Å². The van der Waals surface area contributed by atoms with Gasteiger partial charge in [-0.25, -0.2) is 0 Å². The average Bonchev–Trinajstić information content (AvgIpc) is 3.08. The van der Waals surface area contributed by atoms with Gasteiger partial charge in [-0.1, -0.05) is 59.6 Å². The van der Waals surface area contributed by atoms with Crippen LogP contribution in [0.2, 0.25) is 10.0 Å². The number of carbonyl (C=O) groups is 2. The predicted octanol–water partition coefficient (Wildman–Crippen LogP) is 3.95. The first-order chi connectivity index (χ1) is 14.5. The van der Waals surface area contributed by atoms with Crippen molar-refractivity contribution < 1.29 is 9.59 Å². The fourth-order valence-corrected chi connectivity index (χ4v) is 3.66. The first-order valence-corrected chi connectivity index (χ1v) is 10.8. The maximum atomic E-state index is 12.8. The number of nitrogens with zero attached hydrogens (tertiary/aromatic N) is 1. The lowest BCUT2D eigenvalue weighted by atomic mass is 10.1. The van der Waals surface area contributed by atoms with Gasteiger partial charge in [-0.2, -0.15) is 0 Å². The van der Waals surface area contributed by atoms with Crippen LogP contribution < -0.4 is 10.6 Å². The molecular formula is C23H25Cl2N3O2. The fourth-order valence-electron chi connectivity index (χ4n) is 3.33. The van der Waals surface area contributed by atoms with Gasteiger partial charge in [-0.15, -0.1) is 0 Å². The number of aryl methyl sites for hydroxylation is 1. The Morgan fingerprint density at radius 2 is 1.83 bits per heavy atom. The normalized spacial score (nSPS) is 13.7. The number of nitrogens with one attached hydrogen (secondary N) is 2. The zero-order chi connectivity index (χ0) is 21.5. The molecule has 0 aromatic heterocycles. The van der Waals surface area contributed by atoms with Crippen LogP contribution in [-0.4, -0.2) is 36.3 Å². The van der Waals surface area contributed by atoms with E-state index < -0.39 is 0 Å². The molecule has 2 amide bonds. The summed E-state index contributed by atoms with van der Waals surface area (Å²) in [6.07, 6.45) is 1.53. The van der Waals surface area contributed by atoms with E-state index in [1.165, 1.54) is 0 Å². The molecule has 1 aliphatic rings. The van der Waals surface area contributed by atoms with Gasteiger partial charge in [0.1, 0.15) is 5.70 Å². The zero-order valence-electron chi connectivity index (χ0n) is 16.9. The van der Waals surface area contributed by atoms with E-state index in [1.807, 2.05) is 49.4 Å². The van der Waals surface area contributed by atoms with Crippen LogP contribution in [0.25, 0.3) is 0 Å². The number of hydrogen-bond acceptors (Lipinski definition) is 3. The minimum Gasteiger partial charge on any atom is -0.376 e.